The van der Waals surface area contributed by atoms with Crippen molar-refractivity contribution in [3.63, 3.8) is 0 Å². The van der Waals surface area contributed by atoms with Crippen LogP contribution in [-0.4, -0.2) is 46.3 Å². The molecule has 2 aromatic carbocycles. The molecule has 2 aromatic heterocycles. The molecule has 1 saturated heterocycles. The third-order valence-corrected chi connectivity index (χ3v) is 7.44. The number of benzene rings is 2. The topological polar surface area (TPSA) is 70.2 Å². The highest BCUT2D eigenvalue weighted by Crippen LogP contribution is 2.36. The van der Waals surface area contributed by atoms with Crippen molar-refractivity contribution in [3.05, 3.63) is 102 Å². The molecule has 41 heavy (non-hydrogen) atoms. The maximum atomic E-state index is 14.2. The molecule has 1 fully saturated rings. The van der Waals surface area contributed by atoms with Crippen LogP contribution < -0.4 is 10.6 Å². The molecule has 9 heteroatoms. The van der Waals surface area contributed by atoms with E-state index in [1.807, 2.05) is 31.2 Å². The molecule has 0 atom stereocenters. The monoisotopic (exact) mass is 555 g/mol. The molecular weight excluding hydrogens is 527 g/mol. The first-order valence-electron chi connectivity index (χ1n) is 13.4. The number of rotatable bonds is 6. The van der Waals surface area contributed by atoms with E-state index in [4.69, 9.17) is 0 Å². The van der Waals surface area contributed by atoms with Crippen LogP contribution in [0.25, 0.3) is 28.0 Å². The number of aromatic nitrogens is 2. The summed E-state index contributed by atoms with van der Waals surface area (Å²) in [5.41, 5.74) is 6.94. The van der Waals surface area contributed by atoms with Crippen LogP contribution in [0.4, 0.5) is 24.5 Å². The molecule has 6 nitrogen and oxygen atoms in total. The van der Waals surface area contributed by atoms with Crippen molar-refractivity contribution < 1.29 is 18.0 Å². The van der Waals surface area contributed by atoms with Crippen LogP contribution in [0.1, 0.15) is 24.5 Å². The summed E-state index contributed by atoms with van der Waals surface area (Å²) in [7, 11) is 0. The van der Waals surface area contributed by atoms with Crippen molar-refractivity contribution in [2.45, 2.75) is 25.8 Å². The normalized spacial score (nSPS) is 16.3. The van der Waals surface area contributed by atoms with Gasteiger partial charge < -0.3 is 10.6 Å². The Hall–Kier alpha value is -4.50. The van der Waals surface area contributed by atoms with Gasteiger partial charge in [-0.3, -0.25) is 19.7 Å². The van der Waals surface area contributed by atoms with E-state index in [2.05, 4.69) is 20.6 Å². The van der Waals surface area contributed by atoms with Gasteiger partial charge in [0.25, 0.3) is 11.8 Å². The molecule has 2 aliphatic heterocycles. The van der Waals surface area contributed by atoms with Crippen molar-refractivity contribution in [2.24, 2.45) is 0 Å². The fourth-order valence-electron chi connectivity index (χ4n) is 5.37. The number of halogens is 3. The number of anilines is 2. The first kappa shape index (κ1) is 26.7. The Bertz CT molecular complexity index is 1650. The van der Waals surface area contributed by atoms with Gasteiger partial charge >= 0.3 is 0 Å². The van der Waals surface area contributed by atoms with Crippen molar-refractivity contribution >= 4 is 22.9 Å². The van der Waals surface area contributed by atoms with Crippen LogP contribution in [0.15, 0.2) is 84.8 Å². The highest BCUT2D eigenvalue weighted by molar-refractivity contribution is 6.27. The lowest BCUT2D eigenvalue weighted by Gasteiger charge is -2.23. The third-order valence-electron chi connectivity index (χ3n) is 7.44. The minimum atomic E-state index is -2.64. The van der Waals surface area contributed by atoms with E-state index in [0.717, 1.165) is 33.5 Å². The van der Waals surface area contributed by atoms with E-state index in [1.165, 1.54) is 12.3 Å². The zero-order valence-electron chi connectivity index (χ0n) is 22.4. The number of pyridine rings is 2. The van der Waals surface area contributed by atoms with E-state index in [0.29, 0.717) is 42.2 Å². The fourth-order valence-corrected chi connectivity index (χ4v) is 5.37. The molecule has 6 rings (SSSR count). The van der Waals surface area contributed by atoms with Gasteiger partial charge in [-0.05, 0) is 66.1 Å². The summed E-state index contributed by atoms with van der Waals surface area (Å²) in [5, 5.41) is 6.29. The second-order valence-electron chi connectivity index (χ2n) is 10.5. The Morgan fingerprint density at radius 1 is 1.02 bits per heavy atom. The summed E-state index contributed by atoms with van der Waals surface area (Å²) >= 11 is 0. The van der Waals surface area contributed by atoms with Crippen LogP contribution in [0.5, 0.6) is 0 Å². The number of carbonyl (C=O) groups is 1. The second-order valence-corrected chi connectivity index (χ2v) is 10.5. The molecule has 0 saturated carbocycles. The Balaban J connectivity index is 1.23. The molecule has 2 aliphatic rings. The predicted molar refractivity (Wildman–Crippen MR) is 154 cm³/mol. The molecule has 2 N–H and O–H groups in total. The summed E-state index contributed by atoms with van der Waals surface area (Å²) in [6.07, 6.45) is 4.83. The largest absolute Gasteiger partial charge is 0.381 e. The van der Waals surface area contributed by atoms with E-state index >= 15 is 0 Å². The number of nitrogens with zero attached hydrogens (tertiary/aromatic N) is 3. The van der Waals surface area contributed by atoms with Gasteiger partial charge in [0.2, 0.25) is 0 Å². The minimum Gasteiger partial charge on any atom is -0.381 e. The summed E-state index contributed by atoms with van der Waals surface area (Å²) in [4.78, 5) is 24.0. The third kappa shape index (κ3) is 5.71. The minimum absolute atomic E-state index is 0.125. The molecule has 4 aromatic rings. The SMILES string of the molecule is CC1=C(C(=O)Nc2ccc(-c3ccccc3F)nc2)c2cc(-c3cncc(CN4CCC(F)(F)C4)c3)ccc2NC1. The molecule has 0 unspecified atom stereocenters. The van der Waals surface area contributed by atoms with Gasteiger partial charge in [-0.2, -0.15) is 0 Å². The number of amides is 1. The van der Waals surface area contributed by atoms with E-state index in [9.17, 15) is 18.0 Å². The van der Waals surface area contributed by atoms with Gasteiger partial charge in [-0.25, -0.2) is 13.2 Å². The lowest BCUT2D eigenvalue weighted by atomic mass is 9.91. The predicted octanol–water partition coefficient (Wildman–Crippen LogP) is 6.63. The quantitative estimate of drug-likeness (QED) is 0.280. The number of carbonyl (C=O) groups excluding carboxylic acids is 1. The molecule has 0 bridgehead atoms. The number of nitrogens with one attached hydrogen (secondary N) is 2. The maximum Gasteiger partial charge on any atom is 0.261 e. The van der Waals surface area contributed by atoms with Gasteiger partial charge in [-0.15, -0.1) is 0 Å². The number of hydrogen-bond donors (Lipinski definition) is 2. The van der Waals surface area contributed by atoms with Crippen LogP contribution in [0.2, 0.25) is 0 Å². The standard InChI is InChI=1S/C32H28F3N5O/c1-20-14-37-29-8-6-22(23-12-21(15-36-16-23)18-40-11-10-32(34,35)19-40)13-26(29)30(20)31(41)39-24-7-9-28(38-17-24)25-4-2-3-5-27(25)33/h2-9,12-13,15-17,37H,10-11,14,18-19H2,1H3,(H,39,41). The summed E-state index contributed by atoms with van der Waals surface area (Å²) in [5.74, 6) is -3.28. The highest BCUT2D eigenvalue weighted by atomic mass is 19.3. The van der Waals surface area contributed by atoms with E-state index < -0.39 is 5.92 Å². The zero-order chi connectivity index (χ0) is 28.6. The summed E-state index contributed by atoms with van der Waals surface area (Å²) in [6.45, 7) is 2.94. The van der Waals surface area contributed by atoms with Crippen molar-refractivity contribution in [3.8, 4) is 22.4 Å². The van der Waals surface area contributed by atoms with Gasteiger partial charge in [0.05, 0.1) is 24.1 Å². The molecule has 0 spiro atoms. The van der Waals surface area contributed by atoms with Crippen LogP contribution in [0.3, 0.4) is 0 Å². The van der Waals surface area contributed by atoms with Gasteiger partial charge in [0.1, 0.15) is 5.82 Å². The first-order chi connectivity index (χ1) is 19.8. The van der Waals surface area contributed by atoms with Crippen LogP contribution in [-0.2, 0) is 11.3 Å². The Kier molecular flexibility index (Phi) is 7.05. The fraction of sp³-hybridized carbons (Fsp3) is 0.219. The first-order valence-corrected chi connectivity index (χ1v) is 13.4. The number of alkyl halides is 2. The van der Waals surface area contributed by atoms with Gasteiger partial charge in [-0.1, -0.05) is 18.2 Å². The Morgan fingerprint density at radius 2 is 1.88 bits per heavy atom. The van der Waals surface area contributed by atoms with Crippen molar-refractivity contribution in [1.29, 1.82) is 0 Å². The lowest BCUT2D eigenvalue weighted by Crippen LogP contribution is -2.24. The average molecular weight is 556 g/mol. The number of hydrogen-bond acceptors (Lipinski definition) is 5. The summed E-state index contributed by atoms with van der Waals surface area (Å²) in [6, 6.07) is 17.6. The second kappa shape index (κ2) is 10.8. The van der Waals surface area contributed by atoms with E-state index in [-0.39, 0.29) is 24.7 Å². The smallest absolute Gasteiger partial charge is 0.261 e. The maximum absolute atomic E-state index is 14.2. The molecule has 208 valence electrons. The van der Waals surface area contributed by atoms with Crippen LogP contribution >= 0.6 is 0 Å². The molecule has 1 amide bonds. The number of likely N-dealkylation sites (tertiary alicyclic amines) is 1. The Labute approximate surface area is 236 Å². The molecule has 4 heterocycles. The van der Waals surface area contributed by atoms with Gasteiger partial charge in [0, 0.05) is 66.4 Å². The van der Waals surface area contributed by atoms with Crippen molar-refractivity contribution in [2.75, 3.05) is 30.3 Å². The highest BCUT2D eigenvalue weighted by Gasteiger charge is 2.38. The average Bonchev–Trinajstić information content (AvgIpc) is 3.31. The summed E-state index contributed by atoms with van der Waals surface area (Å²) < 4.78 is 41.5. The molecule has 0 aliphatic carbocycles. The number of fused-ring (bicyclic) bond motifs is 1. The lowest BCUT2D eigenvalue weighted by molar-refractivity contribution is -0.111. The molecule has 0 radical (unpaired) electrons. The zero-order valence-corrected chi connectivity index (χ0v) is 22.4. The molecular formula is C32H28F3N5O. The van der Waals surface area contributed by atoms with Gasteiger partial charge in [0.15, 0.2) is 0 Å². The van der Waals surface area contributed by atoms with E-state index in [1.54, 1.807) is 47.6 Å². The van der Waals surface area contributed by atoms with Crippen molar-refractivity contribution in [1.82, 2.24) is 14.9 Å². The Morgan fingerprint density at radius 3 is 2.63 bits per heavy atom. The van der Waals surface area contributed by atoms with Crippen LogP contribution in [0, 0.1) is 5.82 Å².